The van der Waals surface area contributed by atoms with Gasteiger partial charge >= 0.3 is 0 Å². The van der Waals surface area contributed by atoms with Gasteiger partial charge in [-0.2, -0.15) is 0 Å². The molecule has 0 radical (unpaired) electrons. The average molecular weight is 327 g/mol. The van der Waals surface area contributed by atoms with Crippen molar-refractivity contribution in [2.24, 2.45) is 0 Å². The van der Waals surface area contributed by atoms with E-state index in [0.29, 0.717) is 18.5 Å². The quantitative estimate of drug-likeness (QED) is 0.782. The molecule has 0 aliphatic rings. The fraction of sp³-hybridized carbons (Fsp3) is 0.118. The maximum Gasteiger partial charge on any atom is 0.251 e. The Hall–Kier alpha value is -2.60. The van der Waals surface area contributed by atoms with Gasteiger partial charge in [0, 0.05) is 41.9 Å². The molecule has 23 heavy (non-hydrogen) atoms. The Kier molecular flexibility index (Phi) is 4.73. The fourth-order valence-corrected chi connectivity index (χ4v) is 2.90. The maximum atomic E-state index is 13.1. The number of nitrogens with one attached hydrogen (secondary N) is 1. The highest BCUT2D eigenvalue weighted by molar-refractivity contribution is 7.09. The molecule has 1 aromatic carbocycles. The summed E-state index contributed by atoms with van der Waals surface area (Å²) in [5.74, 6) is -0.699. The van der Waals surface area contributed by atoms with Crippen molar-refractivity contribution in [2.45, 2.75) is 6.42 Å². The molecule has 0 unspecified atom stereocenters. The van der Waals surface area contributed by atoms with Gasteiger partial charge in [0.05, 0.1) is 10.7 Å². The second-order valence-electron chi connectivity index (χ2n) is 4.88. The summed E-state index contributed by atoms with van der Waals surface area (Å²) in [4.78, 5) is 20.4. The predicted molar refractivity (Wildman–Crippen MR) is 87.8 cm³/mol. The molecule has 1 amide bonds. The van der Waals surface area contributed by atoms with Crippen LogP contribution in [0.5, 0.6) is 0 Å². The standard InChI is InChI=1S/C17H14FN3OS/c18-14-3-1-2-13(10-14)17(22)20-9-6-16-21-15(11-23-16)12-4-7-19-8-5-12/h1-5,7-8,10-11H,6,9H2,(H,20,22). The van der Waals surface area contributed by atoms with Crippen molar-refractivity contribution in [3.8, 4) is 11.3 Å². The Morgan fingerprint density at radius 1 is 1.22 bits per heavy atom. The summed E-state index contributed by atoms with van der Waals surface area (Å²) in [7, 11) is 0. The van der Waals surface area contributed by atoms with Gasteiger partial charge in [-0.1, -0.05) is 6.07 Å². The van der Waals surface area contributed by atoms with E-state index in [0.717, 1.165) is 16.3 Å². The van der Waals surface area contributed by atoms with Gasteiger partial charge < -0.3 is 5.32 Å². The Morgan fingerprint density at radius 2 is 2.04 bits per heavy atom. The molecule has 3 aromatic rings. The Balaban J connectivity index is 1.55. The third kappa shape index (κ3) is 3.98. The molecule has 0 aliphatic carbocycles. The lowest BCUT2D eigenvalue weighted by Gasteiger charge is -2.04. The molecule has 2 heterocycles. The number of rotatable bonds is 5. The summed E-state index contributed by atoms with van der Waals surface area (Å²) in [6.07, 6.45) is 4.10. The lowest BCUT2D eigenvalue weighted by atomic mass is 10.2. The van der Waals surface area contributed by atoms with E-state index in [1.165, 1.54) is 18.2 Å². The number of nitrogens with zero attached hydrogens (tertiary/aromatic N) is 2. The monoisotopic (exact) mass is 327 g/mol. The molecule has 0 fully saturated rings. The van der Waals surface area contributed by atoms with E-state index in [-0.39, 0.29) is 5.91 Å². The highest BCUT2D eigenvalue weighted by Gasteiger charge is 2.07. The van der Waals surface area contributed by atoms with E-state index < -0.39 is 5.82 Å². The van der Waals surface area contributed by atoms with Crippen LogP contribution in [0, 0.1) is 5.82 Å². The molecule has 0 saturated heterocycles. The van der Waals surface area contributed by atoms with Gasteiger partial charge in [0.25, 0.3) is 5.91 Å². The van der Waals surface area contributed by atoms with Gasteiger partial charge in [-0.15, -0.1) is 11.3 Å². The molecule has 1 N–H and O–H groups in total. The van der Waals surface area contributed by atoms with Crippen LogP contribution < -0.4 is 5.32 Å². The van der Waals surface area contributed by atoms with Gasteiger partial charge in [0.2, 0.25) is 0 Å². The van der Waals surface area contributed by atoms with Gasteiger partial charge in [-0.25, -0.2) is 9.37 Å². The van der Waals surface area contributed by atoms with Crippen molar-refractivity contribution in [3.63, 3.8) is 0 Å². The average Bonchev–Trinajstić information content (AvgIpc) is 3.04. The Bertz CT molecular complexity index is 804. The minimum Gasteiger partial charge on any atom is -0.352 e. The molecule has 0 bridgehead atoms. The van der Waals surface area contributed by atoms with Crippen molar-refractivity contribution >= 4 is 17.2 Å². The van der Waals surface area contributed by atoms with Crippen LogP contribution >= 0.6 is 11.3 Å². The van der Waals surface area contributed by atoms with Crippen LogP contribution in [0.1, 0.15) is 15.4 Å². The van der Waals surface area contributed by atoms with Crippen LogP contribution in [-0.4, -0.2) is 22.4 Å². The minimum atomic E-state index is -0.417. The number of carbonyl (C=O) groups is 1. The number of carbonyl (C=O) groups excluding carboxylic acids is 1. The molecule has 3 rings (SSSR count). The van der Waals surface area contributed by atoms with Crippen molar-refractivity contribution in [3.05, 3.63) is 70.6 Å². The predicted octanol–water partition coefficient (Wildman–Crippen LogP) is 3.32. The first-order chi connectivity index (χ1) is 11.2. The lowest BCUT2D eigenvalue weighted by Crippen LogP contribution is -2.25. The summed E-state index contributed by atoms with van der Waals surface area (Å²) >= 11 is 1.55. The highest BCUT2D eigenvalue weighted by atomic mass is 32.1. The van der Waals surface area contributed by atoms with E-state index >= 15 is 0 Å². The van der Waals surface area contributed by atoms with Gasteiger partial charge in [0.1, 0.15) is 5.82 Å². The van der Waals surface area contributed by atoms with E-state index in [1.54, 1.807) is 29.8 Å². The van der Waals surface area contributed by atoms with Crippen LogP contribution in [0.2, 0.25) is 0 Å². The molecule has 0 saturated carbocycles. The van der Waals surface area contributed by atoms with Crippen LogP contribution in [0.25, 0.3) is 11.3 Å². The minimum absolute atomic E-state index is 0.282. The van der Waals surface area contributed by atoms with E-state index in [9.17, 15) is 9.18 Å². The Labute approximate surface area is 137 Å². The normalized spacial score (nSPS) is 10.5. The first kappa shape index (κ1) is 15.3. The van der Waals surface area contributed by atoms with Crippen molar-refractivity contribution in [1.29, 1.82) is 0 Å². The van der Waals surface area contributed by atoms with Crippen molar-refractivity contribution < 1.29 is 9.18 Å². The zero-order chi connectivity index (χ0) is 16.1. The van der Waals surface area contributed by atoms with Crippen LogP contribution in [-0.2, 0) is 6.42 Å². The second kappa shape index (κ2) is 7.11. The number of aromatic nitrogens is 2. The topological polar surface area (TPSA) is 54.9 Å². The number of halogens is 1. The maximum absolute atomic E-state index is 13.1. The number of benzene rings is 1. The molecule has 6 heteroatoms. The summed E-state index contributed by atoms with van der Waals surface area (Å²) in [5.41, 5.74) is 2.25. The first-order valence-corrected chi connectivity index (χ1v) is 7.99. The van der Waals surface area contributed by atoms with Crippen molar-refractivity contribution in [2.75, 3.05) is 6.54 Å². The molecule has 4 nitrogen and oxygen atoms in total. The molecule has 116 valence electrons. The molecule has 0 spiro atoms. The van der Waals surface area contributed by atoms with Crippen molar-refractivity contribution in [1.82, 2.24) is 15.3 Å². The smallest absolute Gasteiger partial charge is 0.251 e. The lowest BCUT2D eigenvalue weighted by molar-refractivity contribution is 0.0953. The van der Waals surface area contributed by atoms with E-state index in [1.807, 2.05) is 17.5 Å². The number of amides is 1. The number of thiazole rings is 1. The Morgan fingerprint density at radius 3 is 2.83 bits per heavy atom. The second-order valence-corrected chi connectivity index (χ2v) is 5.82. The summed E-state index contributed by atoms with van der Waals surface area (Å²) in [6, 6.07) is 9.46. The molecule has 2 aromatic heterocycles. The van der Waals surface area contributed by atoms with Gasteiger partial charge in [-0.3, -0.25) is 9.78 Å². The third-order valence-corrected chi connectivity index (χ3v) is 4.15. The SMILES string of the molecule is O=C(NCCc1nc(-c2ccncc2)cs1)c1cccc(F)c1. The fourth-order valence-electron chi connectivity index (χ4n) is 2.10. The zero-order valence-corrected chi connectivity index (χ0v) is 13.0. The summed E-state index contributed by atoms with van der Waals surface area (Å²) < 4.78 is 13.1. The van der Waals surface area contributed by atoms with E-state index in [2.05, 4.69) is 15.3 Å². The summed E-state index contributed by atoms with van der Waals surface area (Å²) in [5, 5.41) is 5.70. The highest BCUT2D eigenvalue weighted by Crippen LogP contribution is 2.21. The number of hydrogen-bond donors (Lipinski definition) is 1. The molecular formula is C17H14FN3OS. The largest absolute Gasteiger partial charge is 0.352 e. The van der Waals surface area contributed by atoms with Crippen LogP contribution in [0.4, 0.5) is 4.39 Å². The first-order valence-electron chi connectivity index (χ1n) is 7.11. The third-order valence-electron chi connectivity index (χ3n) is 3.24. The number of hydrogen-bond acceptors (Lipinski definition) is 4. The van der Waals surface area contributed by atoms with Crippen LogP contribution in [0.15, 0.2) is 54.2 Å². The van der Waals surface area contributed by atoms with E-state index in [4.69, 9.17) is 0 Å². The van der Waals surface area contributed by atoms with Crippen LogP contribution in [0.3, 0.4) is 0 Å². The summed E-state index contributed by atoms with van der Waals surface area (Å²) in [6.45, 7) is 0.457. The number of pyridine rings is 1. The molecule has 0 atom stereocenters. The van der Waals surface area contributed by atoms with Gasteiger partial charge in [0.15, 0.2) is 0 Å². The molecule has 0 aliphatic heterocycles. The van der Waals surface area contributed by atoms with Gasteiger partial charge in [-0.05, 0) is 30.3 Å². The molecular weight excluding hydrogens is 313 g/mol. The zero-order valence-electron chi connectivity index (χ0n) is 12.2.